The van der Waals surface area contributed by atoms with Crippen LogP contribution in [-0.4, -0.2) is 11.3 Å². The van der Waals surface area contributed by atoms with Crippen LogP contribution in [0, 0.1) is 6.92 Å². The smallest absolute Gasteiger partial charge is 0.142 e. The minimum absolute atomic E-state index is 0.0416. The third kappa shape index (κ3) is 3.03. The molecule has 0 radical (unpaired) electrons. The number of rotatable bonds is 2. The summed E-state index contributed by atoms with van der Waals surface area (Å²) in [5.41, 5.74) is 2.32. The number of aliphatic imine (C=N–C) groups is 1. The Kier molecular flexibility index (Phi) is 3.90. The van der Waals surface area contributed by atoms with E-state index in [-0.39, 0.29) is 5.75 Å². The molecule has 92 valence electrons. The van der Waals surface area contributed by atoms with E-state index in [1.54, 1.807) is 36.5 Å². The first kappa shape index (κ1) is 12.9. The fraction of sp³-hybridized carbons (Fsp3) is 0.0714. The molecule has 4 heteroatoms. The van der Waals surface area contributed by atoms with Gasteiger partial charge in [0, 0.05) is 16.8 Å². The SMILES string of the molecule is Cc1cc(Cl)c(O)c(/C=N/c2ccc(Cl)cc2)c1. The molecule has 18 heavy (non-hydrogen) atoms. The molecule has 0 fully saturated rings. The van der Waals surface area contributed by atoms with E-state index in [9.17, 15) is 5.11 Å². The molecule has 0 saturated heterocycles. The lowest BCUT2D eigenvalue weighted by Crippen LogP contribution is -1.85. The zero-order valence-electron chi connectivity index (χ0n) is 9.69. The van der Waals surface area contributed by atoms with Crippen LogP contribution in [0.15, 0.2) is 41.4 Å². The third-order valence-electron chi connectivity index (χ3n) is 2.42. The maximum Gasteiger partial charge on any atom is 0.142 e. The van der Waals surface area contributed by atoms with Crippen molar-refractivity contribution in [3.05, 3.63) is 57.6 Å². The molecule has 2 rings (SSSR count). The molecular formula is C14H11Cl2NO. The number of halogens is 2. The van der Waals surface area contributed by atoms with Gasteiger partial charge in [0.2, 0.25) is 0 Å². The average Bonchev–Trinajstić information content (AvgIpc) is 2.34. The van der Waals surface area contributed by atoms with Crippen molar-refractivity contribution in [1.29, 1.82) is 0 Å². The van der Waals surface area contributed by atoms with Crippen molar-refractivity contribution >= 4 is 35.1 Å². The summed E-state index contributed by atoms with van der Waals surface area (Å²) >= 11 is 11.7. The number of hydrogen-bond acceptors (Lipinski definition) is 2. The first-order valence-corrected chi connectivity index (χ1v) is 6.10. The first-order chi connectivity index (χ1) is 8.56. The van der Waals surface area contributed by atoms with Crippen molar-refractivity contribution in [2.24, 2.45) is 4.99 Å². The van der Waals surface area contributed by atoms with Crippen LogP contribution in [-0.2, 0) is 0 Å². The van der Waals surface area contributed by atoms with Crippen molar-refractivity contribution < 1.29 is 5.11 Å². The summed E-state index contributed by atoms with van der Waals surface area (Å²) in [5, 5.41) is 10.8. The van der Waals surface area contributed by atoms with Crippen molar-refractivity contribution in [2.45, 2.75) is 6.92 Å². The summed E-state index contributed by atoms with van der Waals surface area (Å²) in [6.07, 6.45) is 1.58. The summed E-state index contributed by atoms with van der Waals surface area (Å²) in [5.74, 6) is 0.0416. The average molecular weight is 280 g/mol. The lowest BCUT2D eigenvalue weighted by atomic mass is 10.1. The van der Waals surface area contributed by atoms with Crippen LogP contribution in [0.3, 0.4) is 0 Å². The van der Waals surface area contributed by atoms with E-state index >= 15 is 0 Å². The molecule has 0 bridgehead atoms. The molecular weight excluding hydrogens is 269 g/mol. The second kappa shape index (κ2) is 5.42. The van der Waals surface area contributed by atoms with E-state index < -0.39 is 0 Å². The van der Waals surface area contributed by atoms with Crippen LogP contribution in [0.2, 0.25) is 10.0 Å². The van der Waals surface area contributed by atoms with Crippen molar-refractivity contribution in [2.75, 3.05) is 0 Å². The highest BCUT2D eigenvalue weighted by atomic mass is 35.5. The standard InChI is InChI=1S/C14H11Cl2NO/c1-9-6-10(14(18)13(16)7-9)8-17-12-4-2-11(15)3-5-12/h2-8,18H,1H3/b17-8+. The summed E-state index contributed by atoms with van der Waals surface area (Å²) in [6.45, 7) is 1.91. The van der Waals surface area contributed by atoms with Crippen LogP contribution in [0.1, 0.15) is 11.1 Å². The van der Waals surface area contributed by atoms with Crippen LogP contribution >= 0.6 is 23.2 Å². The van der Waals surface area contributed by atoms with Gasteiger partial charge in [-0.3, -0.25) is 4.99 Å². The predicted octanol–water partition coefficient (Wildman–Crippen LogP) is 4.76. The van der Waals surface area contributed by atoms with Gasteiger partial charge in [-0.2, -0.15) is 0 Å². The van der Waals surface area contributed by atoms with Crippen LogP contribution in [0.25, 0.3) is 0 Å². The van der Waals surface area contributed by atoms with Crippen LogP contribution in [0.5, 0.6) is 5.75 Å². The van der Waals surface area contributed by atoms with E-state index in [0.29, 0.717) is 15.6 Å². The Labute approximate surface area is 116 Å². The summed E-state index contributed by atoms with van der Waals surface area (Å²) in [4.78, 5) is 4.26. The van der Waals surface area contributed by atoms with Gasteiger partial charge in [0.05, 0.1) is 10.7 Å². The summed E-state index contributed by atoms with van der Waals surface area (Å²) in [7, 11) is 0. The molecule has 0 saturated carbocycles. The van der Waals surface area contributed by atoms with E-state index in [4.69, 9.17) is 23.2 Å². The monoisotopic (exact) mass is 279 g/mol. The quantitative estimate of drug-likeness (QED) is 0.790. The molecule has 0 spiro atoms. The maximum atomic E-state index is 9.80. The molecule has 2 aromatic rings. The number of aromatic hydroxyl groups is 1. The number of hydrogen-bond donors (Lipinski definition) is 1. The van der Waals surface area contributed by atoms with Gasteiger partial charge in [-0.25, -0.2) is 0 Å². The molecule has 0 unspecified atom stereocenters. The Morgan fingerprint density at radius 1 is 1.11 bits per heavy atom. The highest BCUT2D eigenvalue weighted by Crippen LogP contribution is 2.28. The number of nitrogens with zero attached hydrogens (tertiary/aromatic N) is 1. The van der Waals surface area contributed by atoms with Gasteiger partial charge in [0.15, 0.2) is 0 Å². The van der Waals surface area contributed by atoms with Gasteiger partial charge in [0.25, 0.3) is 0 Å². The lowest BCUT2D eigenvalue weighted by Gasteiger charge is -2.03. The van der Waals surface area contributed by atoms with Gasteiger partial charge in [-0.1, -0.05) is 23.2 Å². The van der Waals surface area contributed by atoms with Gasteiger partial charge in [0.1, 0.15) is 5.75 Å². The van der Waals surface area contributed by atoms with Crippen molar-refractivity contribution in [1.82, 2.24) is 0 Å². The second-order valence-electron chi connectivity index (χ2n) is 3.92. The van der Waals surface area contributed by atoms with E-state index in [1.807, 2.05) is 13.0 Å². The largest absolute Gasteiger partial charge is 0.506 e. The Morgan fingerprint density at radius 2 is 1.78 bits per heavy atom. The Hall–Kier alpha value is -1.51. The molecule has 0 amide bonds. The minimum atomic E-state index is 0.0416. The van der Waals surface area contributed by atoms with E-state index in [2.05, 4.69) is 4.99 Å². The van der Waals surface area contributed by atoms with Gasteiger partial charge < -0.3 is 5.11 Å². The summed E-state index contributed by atoms with van der Waals surface area (Å²) in [6, 6.07) is 10.6. The molecule has 0 heterocycles. The Balaban J connectivity index is 2.31. The van der Waals surface area contributed by atoms with Crippen molar-refractivity contribution in [3.8, 4) is 5.75 Å². The fourth-order valence-electron chi connectivity index (χ4n) is 1.53. The van der Waals surface area contributed by atoms with E-state index in [1.165, 1.54) is 0 Å². The zero-order chi connectivity index (χ0) is 13.1. The minimum Gasteiger partial charge on any atom is -0.506 e. The Bertz CT molecular complexity index is 591. The number of aryl methyl sites for hydroxylation is 1. The highest BCUT2D eigenvalue weighted by molar-refractivity contribution is 6.32. The van der Waals surface area contributed by atoms with Gasteiger partial charge in [-0.05, 0) is 48.9 Å². The third-order valence-corrected chi connectivity index (χ3v) is 2.96. The topological polar surface area (TPSA) is 32.6 Å². The lowest BCUT2D eigenvalue weighted by molar-refractivity contribution is 0.474. The van der Waals surface area contributed by atoms with Crippen molar-refractivity contribution in [3.63, 3.8) is 0 Å². The van der Waals surface area contributed by atoms with E-state index in [0.717, 1.165) is 11.3 Å². The summed E-state index contributed by atoms with van der Waals surface area (Å²) < 4.78 is 0. The molecule has 2 nitrogen and oxygen atoms in total. The molecule has 0 atom stereocenters. The zero-order valence-corrected chi connectivity index (χ0v) is 11.2. The Morgan fingerprint density at radius 3 is 2.44 bits per heavy atom. The van der Waals surface area contributed by atoms with Crippen LogP contribution in [0.4, 0.5) is 5.69 Å². The molecule has 0 aliphatic carbocycles. The van der Waals surface area contributed by atoms with Crippen LogP contribution < -0.4 is 0 Å². The molecule has 0 aromatic heterocycles. The predicted molar refractivity (Wildman–Crippen MR) is 76.6 cm³/mol. The van der Waals surface area contributed by atoms with Gasteiger partial charge >= 0.3 is 0 Å². The second-order valence-corrected chi connectivity index (χ2v) is 4.76. The first-order valence-electron chi connectivity index (χ1n) is 5.35. The molecule has 1 N–H and O–H groups in total. The molecule has 2 aromatic carbocycles. The number of benzene rings is 2. The highest BCUT2D eigenvalue weighted by Gasteiger charge is 2.04. The fourth-order valence-corrected chi connectivity index (χ4v) is 1.94. The molecule has 0 aliphatic heterocycles. The number of phenols is 1. The normalized spacial score (nSPS) is 11.1. The molecule has 0 aliphatic rings. The maximum absolute atomic E-state index is 9.80. The number of phenolic OH excluding ortho intramolecular Hbond substituents is 1. The van der Waals surface area contributed by atoms with Gasteiger partial charge in [-0.15, -0.1) is 0 Å².